The van der Waals surface area contributed by atoms with Gasteiger partial charge in [-0.2, -0.15) is 0 Å². The molecular formula is C19H28ClN3O5. The molecule has 0 radical (unpaired) electrons. The number of amides is 2. The first-order chi connectivity index (χ1) is 13.0. The highest BCUT2D eigenvalue weighted by Crippen LogP contribution is 2.30. The first-order valence-corrected chi connectivity index (χ1v) is 8.93. The molecule has 1 heterocycles. The number of carbonyl (C=O) groups excluding carboxylic acids is 3. The molecule has 1 aliphatic heterocycles. The standard InChI is InChI=1S/C19H27N3O5.ClH/c1-26-13-19(7-9-20-10-8-19)18(25)22-15-5-3-14(4-6-15)11-16(23)21-12-17(24)27-2;/h3-6,20H,7-13H2,1-2H3,(H,21,23)(H,22,25);1H. The van der Waals surface area contributed by atoms with Gasteiger partial charge in [0.15, 0.2) is 0 Å². The molecule has 8 nitrogen and oxygen atoms in total. The highest BCUT2D eigenvalue weighted by molar-refractivity contribution is 5.95. The molecule has 3 N–H and O–H groups in total. The minimum atomic E-state index is -0.521. The zero-order valence-corrected chi connectivity index (χ0v) is 17.0. The Kier molecular flexibility index (Phi) is 9.92. The summed E-state index contributed by atoms with van der Waals surface area (Å²) < 4.78 is 9.76. The lowest BCUT2D eigenvalue weighted by molar-refractivity contribution is -0.141. The van der Waals surface area contributed by atoms with E-state index >= 15 is 0 Å². The Hall–Kier alpha value is -2.16. The van der Waals surface area contributed by atoms with Crippen LogP contribution < -0.4 is 16.0 Å². The van der Waals surface area contributed by atoms with Crippen LogP contribution in [0, 0.1) is 5.41 Å². The van der Waals surface area contributed by atoms with E-state index in [2.05, 4.69) is 20.7 Å². The van der Waals surface area contributed by atoms with Crippen LogP contribution in [-0.2, 0) is 30.3 Å². The van der Waals surface area contributed by atoms with Gasteiger partial charge in [-0.3, -0.25) is 14.4 Å². The van der Waals surface area contributed by atoms with Gasteiger partial charge in [0.2, 0.25) is 11.8 Å². The summed E-state index contributed by atoms with van der Waals surface area (Å²) >= 11 is 0. The number of halogens is 1. The number of rotatable bonds is 8. The molecule has 0 unspecified atom stereocenters. The van der Waals surface area contributed by atoms with Crippen LogP contribution in [0.4, 0.5) is 5.69 Å². The number of esters is 1. The molecule has 156 valence electrons. The number of methoxy groups -OCH3 is 2. The summed E-state index contributed by atoms with van der Waals surface area (Å²) in [6, 6.07) is 7.09. The van der Waals surface area contributed by atoms with Gasteiger partial charge < -0.3 is 25.4 Å². The first-order valence-electron chi connectivity index (χ1n) is 8.93. The Morgan fingerprint density at radius 1 is 1.11 bits per heavy atom. The van der Waals surface area contributed by atoms with Gasteiger partial charge in [0, 0.05) is 12.8 Å². The lowest BCUT2D eigenvalue weighted by Gasteiger charge is -2.35. The second kappa shape index (κ2) is 11.6. The Labute approximate surface area is 171 Å². The summed E-state index contributed by atoms with van der Waals surface area (Å²) in [6.07, 6.45) is 1.60. The molecule has 9 heteroatoms. The number of hydrogen-bond donors (Lipinski definition) is 3. The number of piperidine rings is 1. The van der Waals surface area contributed by atoms with Gasteiger partial charge >= 0.3 is 5.97 Å². The third kappa shape index (κ3) is 6.78. The fraction of sp³-hybridized carbons (Fsp3) is 0.526. The fourth-order valence-corrected chi connectivity index (χ4v) is 3.08. The molecule has 0 aliphatic carbocycles. The number of carbonyl (C=O) groups is 3. The number of benzene rings is 1. The van der Waals surface area contributed by atoms with Crippen molar-refractivity contribution in [2.75, 3.05) is 45.8 Å². The third-order valence-electron chi connectivity index (χ3n) is 4.70. The summed E-state index contributed by atoms with van der Waals surface area (Å²) in [5.74, 6) is -0.815. The Morgan fingerprint density at radius 3 is 2.32 bits per heavy atom. The molecule has 0 saturated carbocycles. The summed E-state index contributed by atoms with van der Waals surface area (Å²) in [5.41, 5.74) is 0.934. The van der Waals surface area contributed by atoms with Crippen molar-refractivity contribution in [2.45, 2.75) is 19.3 Å². The van der Waals surface area contributed by atoms with Crippen LogP contribution in [0.5, 0.6) is 0 Å². The summed E-state index contributed by atoms with van der Waals surface area (Å²) in [5, 5.41) is 8.71. The van der Waals surface area contributed by atoms with Gasteiger partial charge in [0.25, 0.3) is 0 Å². The van der Waals surface area contributed by atoms with E-state index in [9.17, 15) is 14.4 Å². The van der Waals surface area contributed by atoms with E-state index < -0.39 is 11.4 Å². The maximum absolute atomic E-state index is 12.8. The van der Waals surface area contributed by atoms with E-state index in [4.69, 9.17) is 4.74 Å². The SMILES string of the molecule is COCC1(C(=O)Nc2ccc(CC(=O)NCC(=O)OC)cc2)CCNCC1.Cl. The fourth-order valence-electron chi connectivity index (χ4n) is 3.08. The average Bonchev–Trinajstić information content (AvgIpc) is 2.68. The van der Waals surface area contributed by atoms with Crippen molar-refractivity contribution < 1.29 is 23.9 Å². The van der Waals surface area contributed by atoms with E-state index in [1.54, 1.807) is 31.4 Å². The van der Waals surface area contributed by atoms with E-state index in [-0.39, 0.29) is 37.2 Å². The van der Waals surface area contributed by atoms with Crippen LogP contribution in [0.25, 0.3) is 0 Å². The van der Waals surface area contributed by atoms with Crippen LogP contribution in [0.3, 0.4) is 0 Å². The molecule has 1 saturated heterocycles. The summed E-state index contributed by atoms with van der Waals surface area (Å²) in [7, 11) is 2.87. The molecule has 0 atom stereocenters. The molecule has 0 spiro atoms. The van der Waals surface area contributed by atoms with Crippen molar-refractivity contribution in [3.05, 3.63) is 29.8 Å². The molecule has 1 aromatic rings. The Morgan fingerprint density at radius 2 is 1.75 bits per heavy atom. The number of hydrogen-bond acceptors (Lipinski definition) is 6. The largest absolute Gasteiger partial charge is 0.468 e. The van der Waals surface area contributed by atoms with Gasteiger partial charge in [-0.25, -0.2) is 0 Å². The molecule has 2 amide bonds. The van der Waals surface area contributed by atoms with E-state index in [0.29, 0.717) is 12.3 Å². The summed E-state index contributed by atoms with van der Waals surface area (Å²) in [4.78, 5) is 35.6. The lowest BCUT2D eigenvalue weighted by Crippen LogP contribution is -2.47. The predicted octanol–water partition coefficient (Wildman–Crippen LogP) is 0.895. The zero-order chi connectivity index (χ0) is 19.7. The first kappa shape index (κ1) is 23.9. The average molecular weight is 414 g/mol. The molecule has 1 aliphatic rings. The topological polar surface area (TPSA) is 106 Å². The maximum Gasteiger partial charge on any atom is 0.325 e. The van der Waals surface area contributed by atoms with Crippen molar-refractivity contribution in [3.8, 4) is 0 Å². The van der Waals surface area contributed by atoms with Gasteiger partial charge in [-0.15, -0.1) is 12.4 Å². The third-order valence-corrected chi connectivity index (χ3v) is 4.70. The van der Waals surface area contributed by atoms with Gasteiger partial charge in [0.05, 0.1) is 25.6 Å². The van der Waals surface area contributed by atoms with Crippen LogP contribution in [0.15, 0.2) is 24.3 Å². The number of anilines is 1. The van der Waals surface area contributed by atoms with Crippen LogP contribution in [0.2, 0.25) is 0 Å². The smallest absolute Gasteiger partial charge is 0.325 e. The van der Waals surface area contributed by atoms with Crippen molar-refractivity contribution in [3.63, 3.8) is 0 Å². The predicted molar refractivity (Wildman–Crippen MR) is 107 cm³/mol. The molecule has 28 heavy (non-hydrogen) atoms. The van der Waals surface area contributed by atoms with Gasteiger partial charge in [-0.1, -0.05) is 12.1 Å². The van der Waals surface area contributed by atoms with Crippen LogP contribution in [0.1, 0.15) is 18.4 Å². The van der Waals surface area contributed by atoms with E-state index in [1.807, 2.05) is 0 Å². The van der Waals surface area contributed by atoms with Gasteiger partial charge in [-0.05, 0) is 43.6 Å². The Balaban J connectivity index is 0.00000392. The van der Waals surface area contributed by atoms with Crippen LogP contribution >= 0.6 is 12.4 Å². The monoisotopic (exact) mass is 413 g/mol. The van der Waals surface area contributed by atoms with Crippen molar-refractivity contribution >= 4 is 35.9 Å². The normalized spacial score (nSPS) is 15.1. The molecular weight excluding hydrogens is 386 g/mol. The minimum absolute atomic E-state index is 0. The van der Waals surface area contributed by atoms with Crippen molar-refractivity contribution in [1.82, 2.24) is 10.6 Å². The number of ether oxygens (including phenoxy) is 2. The van der Waals surface area contributed by atoms with Crippen molar-refractivity contribution in [2.24, 2.45) is 5.41 Å². The van der Waals surface area contributed by atoms with E-state index in [0.717, 1.165) is 31.5 Å². The second-order valence-corrected chi connectivity index (χ2v) is 6.64. The van der Waals surface area contributed by atoms with Gasteiger partial charge in [0.1, 0.15) is 6.54 Å². The number of nitrogens with one attached hydrogen (secondary N) is 3. The second-order valence-electron chi connectivity index (χ2n) is 6.64. The van der Waals surface area contributed by atoms with Crippen molar-refractivity contribution in [1.29, 1.82) is 0 Å². The summed E-state index contributed by atoms with van der Waals surface area (Å²) in [6.45, 7) is 1.81. The molecule has 2 rings (SSSR count). The minimum Gasteiger partial charge on any atom is -0.468 e. The molecule has 0 bridgehead atoms. The van der Waals surface area contributed by atoms with E-state index in [1.165, 1.54) is 7.11 Å². The lowest BCUT2D eigenvalue weighted by atomic mass is 9.78. The highest BCUT2D eigenvalue weighted by Gasteiger charge is 2.39. The zero-order valence-electron chi connectivity index (χ0n) is 16.2. The highest BCUT2D eigenvalue weighted by atomic mass is 35.5. The molecule has 1 fully saturated rings. The van der Waals surface area contributed by atoms with Crippen LogP contribution in [-0.4, -0.2) is 58.2 Å². The maximum atomic E-state index is 12.8. The molecule has 1 aromatic carbocycles. The Bertz CT molecular complexity index is 655. The quantitative estimate of drug-likeness (QED) is 0.547. The molecule has 0 aromatic heterocycles.